The molecule has 0 aliphatic heterocycles. The van der Waals surface area contributed by atoms with Crippen LogP contribution in [-0.2, 0) is 17.6 Å². The molecule has 1 aliphatic carbocycles. The number of rotatable bonds is 5. The van der Waals surface area contributed by atoms with Gasteiger partial charge in [-0.15, -0.1) is 11.3 Å². The lowest BCUT2D eigenvalue weighted by atomic mass is 9.88. The first kappa shape index (κ1) is 20.3. The molecule has 4 rings (SSSR count). The molecule has 0 saturated heterocycles. The molecule has 1 aromatic carbocycles. The second-order valence-electron chi connectivity index (χ2n) is 7.62. The molecule has 0 fully saturated rings. The van der Waals surface area contributed by atoms with Crippen LogP contribution in [0.3, 0.4) is 0 Å². The summed E-state index contributed by atoms with van der Waals surface area (Å²) in [5.74, 6) is 0.293. The molecule has 6 nitrogen and oxygen atoms in total. The van der Waals surface area contributed by atoms with E-state index in [9.17, 15) is 9.59 Å². The zero-order valence-electron chi connectivity index (χ0n) is 17.3. The number of carbonyl (C=O) groups excluding carboxylic acids is 2. The number of hydrogen-bond acceptors (Lipinski definition) is 6. The Morgan fingerprint density at radius 2 is 2.13 bits per heavy atom. The first-order chi connectivity index (χ1) is 14.5. The molecule has 2 heterocycles. The lowest BCUT2D eigenvalue weighted by Gasteiger charge is -2.18. The van der Waals surface area contributed by atoms with Crippen molar-refractivity contribution >= 4 is 28.2 Å². The van der Waals surface area contributed by atoms with Crippen molar-refractivity contribution in [2.45, 2.75) is 40.0 Å². The number of benzene rings is 1. The van der Waals surface area contributed by atoms with Crippen molar-refractivity contribution in [1.29, 1.82) is 0 Å². The summed E-state index contributed by atoms with van der Waals surface area (Å²) in [5.41, 5.74) is 3.58. The summed E-state index contributed by atoms with van der Waals surface area (Å²) in [6.45, 7) is 6.24. The second kappa shape index (κ2) is 8.44. The van der Waals surface area contributed by atoms with Crippen LogP contribution in [-0.4, -0.2) is 23.6 Å². The van der Waals surface area contributed by atoms with Crippen LogP contribution in [0.2, 0.25) is 0 Å². The van der Waals surface area contributed by atoms with E-state index in [4.69, 9.17) is 9.26 Å². The van der Waals surface area contributed by atoms with Gasteiger partial charge in [0, 0.05) is 16.5 Å². The summed E-state index contributed by atoms with van der Waals surface area (Å²) in [7, 11) is 0. The van der Waals surface area contributed by atoms with Gasteiger partial charge < -0.3 is 14.6 Å². The van der Waals surface area contributed by atoms with Gasteiger partial charge in [-0.3, -0.25) is 4.79 Å². The lowest BCUT2D eigenvalue weighted by molar-refractivity contribution is 0.0526. The number of esters is 1. The molecule has 1 aliphatic rings. The van der Waals surface area contributed by atoms with E-state index in [1.165, 1.54) is 11.3 Å². The predicted molar refractivity (Wildman–Crippen MR) is 116 cm³/mol. The fraction of sp³-hybridized carbons (Fsp3) is 0.348. The molecule has 0 saturated carbocycles. The number of nitrogens with zero attached hydrogens (tertiary/aromatic N) is 1. The van der Waals surface area contributed by atoms with E-state index in [1.807, 2.05) is 31.2 Å². The highest BCUT2D eigenvalue weighted by atomic mass is 32.1. The van der Waals surface area contributed by atoms with Gasteiger partial charge in [0.1, 0.15) is 5.00 Å². The summed E-state index contributed by atoms with van der Waals surface area (Å²) in [6, 6.07) is 9.37. The molecule has 0 radical (unpaired) electrons. The molecule has 156 valence electrons. The minimum Gasteiger partial charge on any atom is -0.462 e. The van der Waals surface area contributed by atoms with Crippen molar-refractivity contribution in [3.8, 4) is 11.3 Å². The maximum atomic E-state index is 12.9. The van der Waals surface area contributed by atoms with E-state index >= 15 is 0 Å². The Morgan fingerprint density at radius 1 is 1.33 bits per heavy atom. The molecule has 0 spiro atoms. The Hall–Kier alpha value is -2.93. The molecule has 1 unspecified atom stereocenters. The molecule has 30 heavy (non-hydrogen) atoms. The summed E-state index contributed by atoms with van der Waals surface area (Å²) in [5, 5.41) is 7.34. The van der Waals surface area contributed by atoms with Crippen LogP contribution in [0.15, 0.2) is 34.9 Å². The van der Waals surface area contributed by atoms with Crippen LogP contribution in [0.25, 0.3) is 11.3 Å². The van der Waals surface area contributed by atoms with Crippen LogP contribution in [0.4, 0.5) is 5.00 Å². The molecular formula is C23H24N2O4S. The van der Waals surface area contributed by atoms with Gasteiger partial charge >= 0.3 is 5.97 Å². The van der Waals surface area contributed by atoms with Gasteiger partial charge in [0.05, 0.1) is 12.2 Å². The standard InChI is InChI=1S/C23H24N2O4S/c1-4-28-23(27)20-16-10-9-13(2)11-19(16)30-22(20)24-21(26)17-12-18(29-25-17)15-8-6-5-7-14(15)3/h5-8,12-13H,4,9-11H2,1-3H3,(H,24,26). The Labute approximate surface area is 179 Å². The summed E-state index contributed by atoms with van der Waals surface area (Å²) >= 11 is 1.46. The summed E-state index contributed by atoms with van der Waals surface area (Å²) in [6.07, 6.45) is 2.74. The first-order valence-corrected chi connectivity index (χ1v) is 10.9. The molecule has 0 bridgehead atoms. The van der Waals surface area contributed by atoms with E-state index in [0.29, 0.717) is 22.2 Å². The number of amides is 1. The molecular weight excluding hydrogens is 400 g/mol. The smallest absolute Gasteiger partial charge is 0.341 e. The minimum atomic E-state index is -0.407. The molecule has 7 heteroatoms. The Balaban J connectivity index is 1.62. The van der Waals surface area contributed by atoms with E-state index in [-0.39, 0.29) is 18.3 Å². The zero-order chi connectivity index (χ0) is 21.3. The van der Waals surface area contributed by atoms with Crippen molar-refractivity contribution in [3.63, 3.8) is 0 Å². The first-order valence-electron chi connectivity index (χ1n) is 10.1. The second-order valence-corrected chi connectivity index (χ2v) is 8.73. The molecule has 2 aromatic heterocycles. The predicted octanol–water partition coefficient (Wildman–Crippen LogP) is 5.27. The van der Waals surface area contributed by atoms with Gasteiger partial charge in [-0.25, -0.2) is 4.79 Å². The van der Waals surface area contributed by atoms with Crippen LogP contribution < -0.4 is 5.32 Å². The Morgan fingerprint density at radius 3 is 2.90 bits per heavy atom. The monoisotopic (exact) mass is 424 g/mol. The number of anilines is 1. The highest BCUT2D eigenvalue weighted by Crippen LogP contribution is 2.40. The number of carbonyl (C=O) groups is 2. The van der Waals surface area contributed by atoms with E-state index < -0.39 is 5.91 Å². The highest BCUT2D eigenvalue weighted by molar-refractivity contribution is 7.17. The number of aryl methyl sites for hydroxylation is 1. The van der Waals surface area contributed by atoms with E-state index in [2.05, 4.69) is 17.4 Å². The normalized spacial score (nSPS) is 15.5. The van der Waals surface area contributed by atoms with Crippen LogP contribution >= 0.6 is 11.3 Å². The number of aromatic nitrogens is 1. The number of hydrogen-bond donors (Lipinski definition) is 1. The van der Waals surface area contributed by atoms with Crippen LogP contribution in [0.1, 0.15) is 57.1 Å². The van der Waals surface area contributed by atoms with Gasteiger partial charge in [-0.05, 0) is 50.2 Å². The van der Waals surface area contributed by atoms with Crippen LogP contribution in [0.5, 0.6) is 0 Å². The van der Waals surface area contributed by atoms with Gasteiger partial charge in [0.2, 0.25) is 0 Å². The minimum absolute atomic E-state index is 0.169. The molecule has 1 N–H and O–H groups in total. The Bertz CT molecular complexity index is 1100. The summed E-state index contributed by atoms with van der Waals surface area (Å²) in [4.78, 5) is 26.6. The summed E-state index contributed by atoms with van der Waals surface area (Å²) < 4.78 is 10.7. The zero-order valence-corrected chi connectivity index (χ0v) is 18.1. The van der Waals surface area contributed by atoms with Gasteiger partial charge in [0.15, 0.2) is 11.5 Å². The average molecular weight is 425 g/mol. The SMILES string of the molecule is CCOC(=O)c1c(NC(=O)c2cc(-c3ccccc3C)on2)sc2c1CCC(C)C2. The van der Waals surface area contributed by atoms with Gasteiger partial charge in [-0.1, -0.05) is 36.3 Å². The average Bonchev–Trinajstić information content (AvgIpc) is 3.33. The van der Waals surface area contributed by atoms with E-state index in [0.717, 1.165) is 40.8 Å². The highest BCUT2D eigenvalue weighted by Gasteiger charge is 2.29. The molecule has 1 amide bonds. The quantitative estimate of drug-likeness (QED) is 0.565. The van der Waals surface area contributed by atoms with E-state index in [1.54, 1.807) is 13.0 Å². The van der Waals surface area contributed by atoms with Crippen molar-refractivity contribution in [3.05, 3.63) is 57.6 Å². The number of thiophene rings is 1. The molecule has 1 atom stereocenters. The third-order valence-electron chi connectivity index (χ3n) is 5.37. The van der Waals surface area contributed by atoms with Crippen LogP contribution in [0, 0.1) is 12.8 Å². The fourth-order valence-electron chi connectivity index (χ4n) is 3.78. The van der Waals surface area contributed by atoms with Gasteiger partial charge in [-0.2, -0.15) is 0 Å². The fourth-order valence-corrected chi connectivity index (χ4v) is 5.18. The number of ether oxygens (including phenoxy) is 1. The largest absolute Gasteiger partial charge is 0.462 e. The third kappa shape index (κ3) is 3.89. The maximum Gasteiger partial charge on any atom is 0.341 e. The lowest BCUT2D eigenvalue weighted by Crippen LogP contribution is -2.16. The number of nitrogens with one attached hydrogen (secondary N) is 1. The Kier molecular flexibility index (Phi) is 5.72. The van der Waals surface area contributed by atoms with Crippen molar-refractivity contribution in [2.24, 2.45) is 5.92 Å². The van der Waals surface area contributed by atoms with Crippen molar-refractivity contribution in [2.75, 3.05) is 11.9 Å². The number of fused-ring (bicyclic) bond motifs is 1. The molecule has 3 aromatic rings. The van der Waals surface area contributed by atoms with Crippen molar-refractivity contribution in [1.82, 2.24) is 5.16 Å². The third-order valence-corrected chi connectivity index (χ3v) is 6.54. The maximum absolute atomic E-state index is 12.9. The topological polar surface area (TPSA) is 81.4 Å². The van der Waals surface area contributed by atoms with Crippen molar-refractivity contribution < 1.29 is 18.8 Å². The van der Waals surface area contributed by atoms with Gasteiger partial charge in [0.25, 0.3) is 5.91 Å².